The summed E-state index contributed by atoms with van der Waals surface area (Å²) in [5, 5.41) is 9.16. The predicted octanol–water partition coefficient (Wildman–Crippen LogP) is 3.86. The molecule has 0 saturated heterocycles. The molecule has 0 heterocycles. The summed E-state index contributed by atoms with van der Waals surface area (Å²) >= 11 is 0. The Labute approximate surface area is 100 Å². The molecule has 1 aromatic carbocycles. The molecule has 1 N–H and O–H groups in total. The van der Waals surface area contributed by atoms with Gasteiger partial charge in [-0.05, 0) is 11.1 Å². The number of aliphatic hydroxyl groups excluding tert-OH is 1. The van der Waals surface area contributed by atoms with Gasteiger partial charge >= 0.3 is 0 Å². The van der Waals surface area contributed by atoms with E-state index in [9.17, 15) is 0 Å². The average molecular weight is 242 g/mol. The van der Waals surface area contributed by atoms with Crippen LogP contribution in [0, 0.1) is 0 Å². The molecule has 0 aliphatic carbocycles. The highest BCUT2D eigenvalue weighted by atomic mass is 33.1. The molecule has 84 valence electrons. The molecule has 0 amide bonds. The lowest BCUT2D eigenvalue weighted by atomic mass is 10.1. The number of aliphatic hydroxyl groups is 1. The SMILES string of the molecule is CC(C)(C)SSCc1ccccc1CO. The highest BCUT2D eigenvalue weighted by molar-refractivity contribution is 8.76. The zero-order valence-electron chi connectivity index (χ0n) is 9.49. The van der Waals surface area contributed by atoms with Crippen molar-refractivity contribution in [3.8, 4) is 0 Å². The fourth-order valence-electron chi connectivity index (χ4n) is 1.12. The molecule has 0 aliphatic rings. The van der Waals surface area contributed by atoms with E-state index < -0.39 is 0 Å². The molecule has 0 atom stereocenters. The van der Waals surface area contributed by atoms with Crippen LogP contribution >= 0.6 is 21.6 Å². The third kappa shape index (κ3) is 4.96. The minimum Gasteiger partial charge on any atom is -0.392 e. The molecule has 0 radical (unpaired) electrons. The third-order valence-corrected chi connectivity index (χ3v) is 5.07. The van der Waals surface area contributed by atoms with Crippen LogP contribution in [0.5, 0.6) is 0 Å². The normalized spacial score (nSPS) is 11.7. The van der Waals surface area contributed by atoms with Crippen LogP contribution in [-0.4, -0.2) is 9.85 Å². The van der Waals surface area contributed by atoms with Gasteiger partial charge < -0.3 is 5.11 Å². The van der Waals surface area contributed by atoms with Crippen LogP contribution in [0.2, 0.25) is 0 Å². The molecule has 0 fully saturated rings. The molecule has 3 heteroatoms. The van der Waals surface area contributed by atoms with Gasteiger partial charge in [-0.25, -0.2) is 0 Å². The Balaban J connectivity index is 2.50. The Morgan fingerprint density at radius 2 is 1.73 bits per heavy atom. The van der Waals surface area contributed by atoms with Crippen molar-refractivity contribution in [1.82, 2.24) is 0 Å². The van der Waals surface area contributed by atoms with E-state index in [2.05, 4.69) is 26.8 Å². The van der Waals surface area contributed by atoms with Gasteiger partial charge in [0.05, 0.1) is 6.61 Å². The molecule has 0 aliphatic heterocycles. The van der Waals surface area contributed by atoms with Gasteiger partial charge in [0.15, 0.2) is 0 Å². The first-order valence-electron chi connectivity index (χ1n) is 5.01. The maximum atomic E-state index is 9.16. The smallest absolute Gasteiger partial charge is 0.0684 e. The van der Waals surface area contributed by atoms with Crippen LogP contribution in [0.1, 0.15) is 31.9 Å². The largest absolute Gasteiger partial charge is 0.392 e. The van der Waals surface area contributed by atoms with Crippen LogP contribution in [0.4, 0.5) is 0 Å². The number of hydrogen-bond acceptors (Lipinski definition) is 3. The van der Waals surface area contributed by atoms with E-state index in [1.807, 2.05) is 39.8 Å². The van der Waals surface area contributed by atoms with Crippen molar-refractivity contribution in [2.45, 2.75) is 37.9 Å². The molecular weight excluding hydrogens is 224 g/mol. The maximum Gasteiger partial charge on any atom is 0.0684 e. The van der Waals surface area contributed by atoms with Crippen LogP contribution in [0.3, 0.4) is 0 Å². The second-order valence-electron chi connectivity index (χ2n) is 4.38. The lowest BCUT2D eigenvalue weighted by Crippen LogP contribution is -2.04. The summed E-state index contributed by atoms with van der Waals surface area (Å²) in [6.45, 7) is 6.77. The van der Waals surface area contributed by atoms with Crippen molar-refractivity contribution in [3.63, 3.8) is 0 Å². The van der Waals surface area contributed by atoms with Gasteiger partial charge in [0.1, 0.15) is 0 Å². The molecule has 1 nitrogen and oxygen atoms in total. The standard InChI is InChI=1S/C12H18OS2/c1-12(2,3)15-14-9-11-7-5-4-6-10(11)8-13/h4-7,13H,8-9H2,1-3H3. The van der Waals surface area contributed by atoms with E-state index in [1.165, 1.54) is 5.56 Å². The van der Waals surface area contributed by atoms with Gasteiger partial charge in [0.25, 0.3) is 0 Å². The van der Waals surface area contributed by atoms with Crippen LogP contribution in [0.15, 0.2) is 24.3 Å². The Hall–Kier alpha value is -0.120. The van der Waals surface area contributed by atoms with E-state index >= 15 is 0 Å². The van der Waals surface area contributed by atoms with Gasteiger partial charge in [-0.1, -0.05) is 66.6 Å². The Kier molecular flexibility index (Phi) is 5.03. The van der Waals surface area contributed by atoms with Crippen LogP contribution < -0.4 is 0 Å². The lowest BCUT2D eigenvalue weighted by Gasteiger charge is -2.16. The van der Waals surface area contributed by atoms with E-state index in [-0.39, 0.29) is 6.61 Å². The Morgan fingerprint density at radius 3 is 2.27 bits per heavy atom. The Morgan fingerprint density at radius 1 is 1.13 bits per heavy atom. The Bertz CT molecular complexity index is 305. The maximum absolute atomic E-state index is 9.16. The summed E-state index contributed by atoms with van der Waals surface area (Å²) < 4.78 is 0.291. The number of benzene rings is 1. The number of hydrogen-bond donors (Lipinski definition) is 1. The fraction of sp³-hybridized carbons (Fsp3) is 0.500. The van der Waals surface area contributed by atoms with E-state index in [0.717, 1.165) is 11.3 Å². The molecule has 0 bridgehead atoms. The average Bonchev–Trinajstić information content (AvgIpc) is 2.16. The fourth-order valence-corrected chi connectivity index (χ4v) is 3.56. The van der Waals surface area contributed by atoms with Gasteiger partial charge in [-0.15, -0.1) is 0 Å². The first-order chi connectivity index (χ1) is 7.03. The van der Waals surface area contributed by atoms with Gasteiger partial charge in [0, 0.05) is 10.5 Å². The minimum atomic E-state index is 0.136. The van der Waals surface area contributed by atoms with Crippen molar-refractivity contribution >= 4 is 21.6 Å². The molecule has 1 aromatic rings. The van der Waals surface area contributed by atoms with Crippen LogP contribution in [-0.2, 0) is 12.4 Å². The van der Waals surface area contributed by atoms with E-state index in [0.29, 0.717) is 4.75 Å². The summed E-state index contributed by atoms with van der Waals surface area (Å²) in [4.78, 5) is 0. The minimum absolute atomic E-state index is 0.136. The van der Waals surface area contributed by atoms with Crippen molar-refractivity contribution < 1.29 is 5.11 Å². The molecular formula is C12H18OS2. The monoisotopic (exact) mass is 242 g/mol. The molecule has 1 rings (SSSR count). The lowest BCUT2D eigenvalue weighted by molar-refractivity contribution is 0.281. The molecule has 0 aromatic heterocycles. The van der Waals surface area contributed by atoms with E-state index in [4.69, 9.17) is 5.11 Å². The van der Waals surface area contributed by atoms with Crippen molar-refractivity contribution in [3.05, 3.63) is 35.4 Å². The third-order valence-electron chi connectivity index (χ3n) is 1.81. The zero-order valence-corrected chi connectivity index (χ0v) is 11.1. The number of rotatable bonds is 4. The highest BCUT2D eigenvalue weighted by Crippen LogP contribution is 2.37. The summed E-state index contributed by atoms with van der Waals surface area (Å²) in [6, 6.07) is 8.06. The molecule has 0 saturated carbocycles. The predicted molar refractivity (Wildman–Crippen MR) is 71.0 cm³/mol. The zero-order chi connectivity index (χ0) is 11.3. The quantitative estimate of drug-likeness (QED) is 0.810. The van der Waals surface area contributed by atoms with Crippen molar-refractivity contribution in [2.75, 3.05) is 0 Å². The highest BCUT2D eigenvalue weighted by Gasteiger charge is 2.11. The summed E-state index contributed by atoms with van der Waals surface area (Å²) in [6.07, 6.45) is 0. The van der Waals surface area contributed by atoms with Gasteiger partial charge in [0.2, 0.25) is 0 Å². The summed E-state index contributed by atoms with van der Waals surface area (Å²) in [7, 11) is 3.73. The van der Waals surface area contributed by atoms with Gasteiger partial charge in [-0.2, -0.15) is 0 Å². The summed E-state index contributed by atoms with van der Waals surface area (Å²) in [5.74, 6) is 0.957. The first kappa shape index (κ1) is 12.9. The van der Waals surface area contributed by atoms with Crippen LogP contribution in [0.25, 0.3) is 0 Å². The van der Waals surface area contributed by atoms with E-state index in [1.54, 1.807) is 0 Å². The van der Waals surface area contributed by atoms with Crippen molar-refractivity contribution in [2.24, 2.45) is 0 Å². The summed E-state index contributed by atoms with van der Waals surface area (Å²) in [5.41, 5.74) is 2.28. The molecule has 15 heavy (non-hydrogen) atoms. The van der Waals surface area contributed by atoms with Gasteiger partial charge in [-0.3, -0.25) is 0 Å². The molecule has 0 spiro atoms. The molecule has 0 unspecified atom stereocenters. The first-order valence-corrected chi connectivity index (χ1v) is 7.33. The second kappa shape index (κ2) is 5.83. The second-order valence-corrected chi connectivity index (χ2v) is 7.51. The topological polar surface area (TPSA) is 20.2 Å². The van der Waals surface area contributed by atoms with Crippen molar-refractivity contribution in [1.29, 1.82) is 0 Å².